The Morgan fingerprint density at radius 3 is 2.37 bits per heavy atom. The van der Waals surface area contributed by atoms with Crippen LogP contribution in [0.4, 0.5) is 4.79 Å². The van der Waals surface area contributed by atoms with Crippen LogP contribution in [0.15, 0.2) is 23.1 Å². The van der Waals surface area contributed by atoms with E-state index in [4.69, 9.17) is 16.3 Å². The number of ether oxygens (including phenoxy) is 1. The topological polar surface area (TPSA) is 131 Å². The molecule has 0 saturated carbocycles. The third-order valence-corrected chi connectivity index (χ3v) is 5.06. The molecule has 0 aliphatic carbocycles. The van der Waals surface area contributed by atoms with Gasteiger partial charge in [0.25, 0.3) is 5.91 Å². The van der Waals surface area contributed by atoms with Gasteiger partial charge in [-0.3, -0.25) is 10.1 Å². The fourth-order valence-corrected chi connectivity index (χ4v) is 3.82. The zero-order valence-corrected chi connectivity index (χ0v) is 17.0. The Kier molecular flexibility index (Phi) is 7.76. The molecule has 0 spiro atoms. The molecule has 0 heterocycles. The molecule has 0 aromatic heterocycles. The predicted molar refractivity (Wildman–Crippen MR) is 99.0 cm³/mol. The number of benzene rings is 1. The van der Waals surface area contributed by atoms with Crippen molar-refractivity contribution in [2.45, 2.75) is 38.1 Å². The predicted octanol–water partition coefficient (Wildman–Crippen LogP) is 1.42. The van der Waals surface area contributed by atoms with Crippen LogP contribution in [-0.2, 0) is 19.6 Å². The Labute approximate surface area is 162 Å². The van der Waals surface area contributed by atoms with Crippen LogP contribution >= 0.6 is 11.6 Å². The number of rotatable bonds is 6. The van der Waals surface area contributed by atoms with Crippen LogP contribution in [0.5, 0.6) is 0 Å². The minimum absolute atomic E-state index is 0.0720. The SMILES string of the molecule is CCNC(=O)NC(=O)COC(=O)c1ccc(Cl)c(S(=O)(=O)NC(C)(C)C)c1. The van der Waals surface area contributed by atoms with Gasteiger partial charge < -0.3 is 10.1 Å². The molecular formula is C16H22ClN3O6S. The van der Waals surface area contributed by atoms with E-state index in [2.05, 4.69) is 10.0 Å². The molecule has 0 radical (unpaired) electrons. The summed E-state index contributed by atoms with van der Waals surface area (Å²) in [6.45, 7) is 6.26. The van der Waals surface area contributed by atoms with E-state index in [0.717, 1.165) is 6.07 Å². The van der Waals surface area contributed by atoms with Gasteiger partial charge in [0, 0.05) is 12.1 Å². The van der Waals surface area contributed by atoms with Gasteiger partial charge in [-0.25, -0.2) is 22.7 Å². The molecule has 0 fully saturated rings. The average Bonchev–Trinajstić information content (AvgIpc) is 2.50. The van der Waals surface area contributed by atoms with Crippen molar-refractivity contribution in [3.05, 3.63) is 28.8 Å². The average molecular weight is 420 g/mol. The van der Waals surface area contributed by atoms with Crippen molar-refractivity contribution < 1.29 is 27.5 Å². The minimum Gasteiger partial charge on any atom is -0.452 e. The van der Waals surface area contributed by atoms with E-state index in [9.17, 15) is 22.8 Å². The van der Waals surface area contributed by atoms with Crippen LogP contribution in [-0.4, -0.2) is 45.0 Å². The van der Waals surface area contributed by atoms with E-state index in [0.29, 0.717) is 6.54 Å². The number of imide groups is 1. The zero-order chi connectivity index (χ0) is 20.8. The lowest BCUT2D eigenvalue weighted by Crippen LogP contribution is -2.41. The van der Waals surface area contributed by atoms with Gasteiger partial charge in [-0.2, -0.15) is 0 Å². The molecular weight excluding hydrogens is 398 g/mol. The smallest absolute Gasteiger partial charge is 0.338 e. The maximum Gasteiger partial charge on any atom is 0.338 e. The van der Waals surface area contributed by atoms with Crippen LogP contribution in [0.1, 0.15) is 38.1 Å². The number of hydrogen-bond donors (Lipinski definition) is 3. The van der Waals surface area contributed by atoms with Gasteiger partial charge in [-0.05, 0) is 45.9 Å². The number of carbonyl (C=O) groups excluding carboxylic acids is 3. The lowest BCUT2D eigenvalue weighted by atomic mass is 10.1. The number of nitrogens with one attached hydrogen (secondary N) is 3. The van der Waals surface area contributed by atoms with E-state index in [-0.39, 0.29) is 15.5 Å². The van der Waals surface area contributed by atoms with Crippen molar-refractivity contribution in [3.8, 4) is 0 Å². The largest absolute Gasteiger partial charge is 0.452 e. The van der Waals surface area contributed by atoms with E-state index in [1.807, 2.05) is 5.32 Å². The molecule has 3 amide bonds. The van der Waals surface area contributed by atoms with Crippen molar-refractivity contribution in [2.75, 3.05) is 13.2 Å². The molecule has 3 N–H and O–H groups in total. The van der Waals surface area contributed by atoms with Crippen LogP contribution in [0.25, 0.3) is 0 Å². The van der Waals surface area contributed by atoms with E-state index in [1.54, 1.807) is 27.7 Å². The molecule has 0 atom stereocenters. The summed E-state index contributed by atoms with van der Waals surface area (Å²) in [7, 11) is -3.98. The third kappa shape index (κ3) is 7.53. The van der Waals surface area contributed by atoms with Crippen LogP contribution in [0.3, 0.4) is 0 Å². The second kappa shape index (κ2) is 9.16. The Morgan fingerprint density at radius 2 is 1.81 bits per heavy atom. The highest BCUT2D eigenvalue weighted by Crippen LogP contribution is 2.24. The number of amides is 3. The van der Waals surface area contributed by atoms with Gasteiger partial charge in [-0.1, -0.05) is 11.6 Å². The van der Waals surface area contributed by atoms with Crippen molar-refractivity contribution in [3.63, 3.8) is 0 Å². The Hall–Kier alpha value is -2.17. The second-order valence-corrected chi connectivity index (χ2v) is 8.54. The van der Waals surface area contributed by atoms with Crippen molar-refractivity contribution >= 4 is 39.5 Å². The fraction of sp³-hybridized carbons (Fsp3) is 0.438. The summed E-state index contributed by atoms with van der Waals surface area (Å²) in [5.41, 5.74) is -0.866. The third-order valence-electron chi connectivity index (χ3n) is 2.82. The van der Waals surface area contributed by atoms with Gasteiger partial charge in [0.05, 0.1) is 10.6 Å². The standard InChI is InChI=1S/C16H22ClN3O6S/c1-5-18-15(23)19-13(21)9-26-14(22)10-6-7-11(17)12(8-10)27(24,25)20-16(2,3)4/h6-8,20H,5,9H2,1-4H3,(H2,18,19,21,23). The minimum atomic E-state index is -3.98. The monoisotopic (exact) mass is 419 g/mol. The first-order valence-electron chi connectivity index (χ1n) is 7.94. The summed E-state index contributed by atoms with van der Waals surface area (Å²) in [6.07, 6.45) is 0. The zero-order valence-electron chi connectivity index (χ0n) is 15.4. The van der Waals surface area contributed by atoms with Gasteiger partial charge in [0.1, 0.15) is 4.90 Å². The molecule has 1 rings (SSSR count). The van der Waals surface area contributed by atoms with Crippen molar-refractivity contribution in [1.82, 2.24) is 15.4 Å². The number of hydrogen-bond acceptors (Lipinski definition) is 6. The van der Waals surface area contributed by atoms with Crippen molar-refractivity contribution in [1.29, 1.82) is 0 Å². The number of halogens is 1. The summed E-state index contributed by atoms with van der Waals surface area (Å²) in [4.78, 5) is 34.5. The van der Waals surface area contributed by atoms with Crippen LogP contribution in [0, 0.1) is 0 Å². The highest BCUT2D eigenvalue weighted by Gasteiger charge is 2.25. The normalized spacial score (nSPS) is 11.6. The van der Waals surface area contributed by atoms with Gasteiger partial charge in [0.2, 0.25) is 10.0 Å². The summed E-state index contributed by atoms with van der Waals surface area (Å²) >= 11 is 5.95. The number of carbonyl (C=O) groups is 3. The molecule has 0 saturated heterocycles. The second-order valence-electron chi connectivity index (χ2n) is 6.48. The number of urea groups is 1. The maximum absolute atomic E-state index is 12.4. The summed E-state index contributed by atoms with van der Waals surface area (Å²) in [5, 5.41) is 4.24. The van der Waals surface area contributed by atoms with E-state index in [1.165, 1.54) is 12.1 Å². The Bertz CT molecular complexity index is 833. The first-order valence-corrected chi connectivity index (χ1v) is 9.80. The van der Waals surface area contributed by atoms with Gasteiger partial charge in [0.15, 0.2) is 6.61 Å². The molecule has 1 aromatic rings. The highest BCUT2D eigenvalue weighted by atomic mass is 35.5. The van der Waals surface area contributed by atoms with E-state index >= 15 is 0 Å². The molecule has 0 aliphatic rings. The Balaban J connectivity index is 2.88. The number of sulfonamides is 1. The highest BCUT2D eigenvalue weighted by molar-refractivity contribution is 7.89. The maximum atomic E-state index is 12.4. The van der Waals surface area contributed by atoms with E-state index < -0.39 is 40.1 Å². The first kappa shape index (κ1) is 22.9. The summed E-state index contributed by atoms with van der Waals surface area (Å²) in [5.74, 6) is -1.77. The molecule has 0 aliphatic heterocycles. The first-order chi connectivity index (χ1) is 12.4. The summed E-state index contributed by atoms with van der Waals surface area (Å²) < 4.78 is 32.1. The lowest BCUT2D eigenvalue weighted by Gasteiger charge is -2.21. The van der Waals surface area contributed by atoms with Crippen molar-refractivity contribution in [2.24, 2.45) is 0 Å². The molecule has 0 bridgehead atoms. The fourth-order valence-electron chi connectivity index (χ4n) is 1.88. The molecule has 9 nitrogen and oxygen atoms in total. The van der Waals surface area contributed by atoms with Crippen LogP contribution < -0.4 is 15.4 Å². The molecule has 11 heteroatoms. The molecule has 0 unspecified atom stereocenters. The number of esters is 1. The molecule has 27 heavy (non-hydrogen) atoms. The molecule has 150 valence electrons. The molecule has 1 aromatic carbocycles. The Morgan fingerprint density at radius 1 is 1.19 bits per heavy atom. The van der Waals surface area contributed by atoms with Gasteiger partial charge in [-0.15, -0.1) is 0 Å². The van der Waals surface area contributed by atoms with Crippen LogP contribution in [0.2, 0.25) is 5.02 Å². The lowest BCUT2D eigenvalue weighted by molar-refractivity contribution is -0.123. The quantitative estimate of drug-likeness (QED) is 0.597. The van der Waals surface area contributed by atoms with Gasteiger partial charge >= 0.3 is 12.0 Å². The summed E-state index contributed by atoms with van der Waals surface area (Å²) in [6, 6.07) is 2.85.